The van der Waals surface area contributed by atoms with Crippen LogP contribution in [0.4, 0.5) is 15.9 Å². The third kappa shape index (κ3) is 3.78. The van der Waals surface area contributed by atoms with E-state index in [0.717, 1.165) is 12.0 Å². The molecule has 110 valence electrons. The van der Waals surface area contributed by atoms with Gasteiger partial charge >= 0.3 is 0 Å². The monoisotopic (exact) mass is 287 g/mol. The Bertz CT molecular complexity index is 626. The first kappa shape index (κ1) is 15.0. The van der Waals surface area contributed by atoms with Crippen LogP contribution in [-0.4, -0.2) is 17.4 Å². The lowest BCUT2D eigenvalue weighted by Crippen LogP contribution is -2.16. The largest absolute Gasteiger partial charge is 0.382 e. The van der Waals surface area contributed by atoms with Gasteiger partial charge in [0.15, 0.2) is 0 Å². The number of pyridine rings is 1. The summed E-state index contributed by atoms with van der Waals surface area (Å²) in [7, 11) is 0. The number of nitrogens with one attached hydrogen (secondary N) is 2. The molecule has 2 N–H and O–H groups in total. The van der Waals surface area contributed by atoms with Gasteiger partial charge in [0.05, 0.1) is 11.3 Å². The molecule has 0 aliphatic rings. The summed E-state index contributed by atoms with van der Waals surface area (Å²) in [6.07, 6.45) is 2.51. The first-order chi connectivity index (χ1) is 10.1. The molecule has 0 unspecified atom stereocenters. The number of carbonyl (C=O) groups excluding carboxylic acids is 1. The molecule has 0 saturated carbocycles. The molecule has 1 heterocycles. The Morgan fingerprint density at radius 3 is 2.76 bits per heavy atom. The summed E-state index contributed by atoms with van der Waals surface area (Å²) in [4.78, 5) is 16.4. The van der Waals surface area contributed by atoms with Crippen molar-refractivity contribution < 1.29 is 9.18 Å². The number of halogens is 1. The molecule has 1 aromatic carbocycles. The van der Waals surface area contributed by atoms with Gasteiger partial charge in [-0.05, 0) is 37.1 Å². The number of amides is 1. The molecule has 0 saturated heterocycles. The maximum Gasteiger partial charge on any atom is 0.259 e. The molecular formula is C16H18FN3O. The minimum atomic E-state index is -0.437. The van der Waals surface area contributed by atoms with Crippen molar-refractivity contribution in [2.75, 3.05) is 17.2 Å². The molecule has 4 nitrogen and oxygen atoms in total. The Morgan fingerprint density at radius 2 is 2.10 bits per heavy atom. The normalized spacial score (nSPS) is 10.2. The van der Waals surface area contributed by atoms with Crippen molar-refractivity contribution in [1.82, 2.24) is 4.98 Å². The summed E-state index contributed by atoms with van der Waals surface area (Å²) in [5, 5.41) is 5.62. The van der Waals surface area contributed by atoms with Crippen molar-refractivity contribution in [3.8, 4) is 0 Å². The van der Waals surface area contributed by atoms with Crippen molar-refractivity contribution in [3.63, 3.8) is 0 Å². The van der Waals surface area contributed by atoms with E-state index >= 15 is 0 Å². The van der Waals surface area contributed by atoms with Crippen LogP contribution >= 0.6 is 0 Å². The lowest BCUT2D eigenvalue weighted by atomic mass is 10.1. The van der Waals surface area contributed by atoms with Crippen LogP contribution in [0, 0.1) is 12.7 Å². The number of benzene rings is 1. The molecule has 0 radical (unpaired) electrons. The Balaban J connectivity index is 2.22. The highest BCUT2D eigenvalue weighted by molar-refractivity contribution is 6.07. The van der Waals surface area contributed by atoms with Crippen molar-refractivity contribution in [3.05, 3.63) is 53.5 Å². The molecule has 21 heavy (non-hydrogen) atoms. The van der Waals surface area contributed by atoms with Crippen LogP contribution < -0.4 is 10.6 Å². The summed E-state index contributed by atoms with van der Waals surface area (Å²) >= 11 is 0. The summed E-state index contributed by atoms with van der Waals surface area (Å²) in [5.41, 5.74) is 1.50. The van der Waals surface area contributed by atoms with Gasteiger partial charge in [0.1, 0.15) is 11.6 Å². The Hall–Kier alpha value is -2.43. The number of rotatable bonds is 5. The summed E-state index contributed by atoms with van der Waals surface area (Å²) in [6, 6.07) is 8.00. The summed E-state index contributed by atoms with van der Waals surface area (Å²) < 4.78 is 13.9. The van der Waals surface area contributed by atoms with Crippen LogP contribution in [0.3, 0.4) is 0 Å². The topological polar surface area (TPSA) is 54.0 Å². The van der Waals surface area contributed by atoms with Gasteiger partial charge in [-0.2, -0.15) is 0 Å². The minimum absolute atomic E-state index is 0.226. The maximum atomic E-state index is 13.9. The second-order valence-corrected chi connectivity index (χ2v) is 4.76. The highest BCUT2D eigenvalue weighted by atomic mass is 19.1. The molecule has 5 heteroatoms. The van der Waals surface area contributed by atoms with E-state index in [0.29, 0.717) is 12.4 Å². The zero-order valence-corrected chi connectivity index (χ0v) is 12.1. The van der Waals surface area contributed by atoms with Crippen LogP contribution in [0.25, 0.3) is 0 Å². The predicted molar refractivity (Wildman–Crippen MR) is 82.1 cm³/mol. The highest BCUT2D eigenvalue weighted by Crippen LogP contribution is 2.21. The number of para-hydroxylation sites is 1. The fourth-order valence-electron chi connectivity index (χ4n) is 1.87. The van der Waals surface area contributed by atoms with E-state index in [4.69, 9.17) is 0 Å². The molecule has 0 bridgehead atoms. The maximum absolute atomic E-state index is 13.9. The SMILES string of the molecule is CCCNc1c(F)cccc1C(=O)Nc1ccc(C)cn1. The molecule has 2 aromatic rings. The van der Waals surface area contributed by atoms with E-state index in [1.54, 1.807) is 18.3 Å². The van der Waals surface area contributed by atoms with Gasteiger partial charge in [-0.15, -0.1) is 0 Å². The molecule has 2 rings (SSSR count). The van der Waals surface area contributed by atoms with Crippen molar-refractivity contribution >= 4 is 17.4 Å². The second-order valence-electron chi connectivity index (χ2n) is 4.76. The van der Waals surface area contributed by atoms with Crippen molar-refractivity contribution in [2.24, 2.45) is 0 Å². The lowest BCUT2D eigenvalue weighted by Gasteiger charge is -2.12. The Kier molecular flexibility index (Phi) is 4.87. The molecule has 0 aliphatic heterocycles. The first-order valence-electron chi connectivity index (χ1n) is 6.88. The van der Waals surface area contributed by atoms with E-state index in [1.165, 1.54) is 12.1 Å². The zero-order valence-electron chi connectivity index (χ0n) is 12.1. The second kappa shape index (κ2) is 6.83. The number of carbonyl (C=O) groups is 1. The molecule has 0 spiro atoms. The minimum Gasteiger partial charge on any atom is -0.382 e. The summed E-state index contributed by atoms with van der Waals surface area (Å²) in [6.45, 7) is 4.49. The fourth-order valence-corrected chi connectivity index (χ4v) is 1.87. The van der Waals surface area contributed by atoms with E-state index in [-0.39, 0.29) is 17.2 Å². The number of aromatic nitrogens is 1. The molecule has 1 amide bonds. The van der Waals surface area contributed by atoms with Crippen LogP contribution in [0.2, 0.25) is 0 Å². The average Bonchev–Trinajstić information content (AvgIpc) is 2.48. The quantitative estimate of drug-likeness (QED) is 0.883. The third-order valence-electron chi connectivity index (χ3n) is 2.96. The average molecular weight is 287 g/mol. The lowest BCUT2D eigenvalue weighted by molar-refractivity contribution is 0.102. The summed E-state index contributed by atoms with van der Waals surface area (Å²) in [5.74, 6) is -0.381. The van der Waals surface area contributed by atoms with Gasteiger partial charge in [0.25, 0.3) is 5.91 Å². The van der Waals surface area contributed by atoms with Gasteiger partial charge in [-0.1, -0.05) is 19.1 Å². The van der Waals surface area contributed by atoms with Crippen LogP contribution in [0.15, 0.2) is 36.5 Å². The standard InChI is InChI=1S/C16H18FN3O/c1-3-9-18-15-12(5-4-6-13(15)17)16(21)20-14-8-7-11(2)10-19-14/h4-8,10,18H,3,9H2,1-2H3,(H,19,20,21). The Morgan fingerprint density at radius 1 is 1.29 bits per heavy atom. The number of anilines is 2. The van der Waals surface area contributed by atoms with Gasteiger partial charge in [0, 0.05) is 12.7 Å². The first-order valence-corrected chi connectivity index (χ1v) is 6.88. The van der Waals surface area contributed by atoms with Crippen molar-refractivity contribution in [1.29, 1.82) is 0 Å². The van der Waals surface area contributed by atoms with Gasteiger partial charge < -0.3 is 10.6 Å². The molecule has 0 aliphatic carbocycles. The zero-order chi connectivity index (χ0) is 15.2. The molecule has 1 aromatic heterocycles. The van der Waals surface area contributed by atoms with Gasteiger partial charge in [0.2, 0.25) is 0 Å². The van der Waals surface area contributed by atoms with Crippen LogP contribution in [0.5, 0.6) is 0 Å². The molecule has 0 fully saturated rings. The highest BCUT2D eigenvalue weighted by Gasteiger charge is 2.15. The van der Waals surface area contributed by atoms with E-state index in [9.17, 15) is 9.18 Å². The number of hydrogen-bond acceptors (Lipinski definition) is 3. The number of aryl methyl sites for hydroxylation is 1. The van der Waals surface area contributed by atoms with Gasteiger partial charge in [-0.25, -0.2) is 9.37 Å². The Labute approximate surface area is 123 Å². The predicted octanol–water partition coefficient (Wildman–Crippen LogP) is 3.60. The van der Waals surface area contributed by atoms with Crippen LogP contribution in [0.1, 0.15) is 29.3 Å². The number of hydrogen-bond donors (Lipinski definition) is 2. The van der Waals surface area contributed by atoms with Crippen molar-refractivity contribution in [2.45, 2.75) is 20.3 Å². The van der Waals surface area contributed by atoms with Gasteiger partial charge in [-0.3, -0.25) is 4.79 Å². The number of nitrogens with zero attached hydrogens (tertiary/aromatic N) is 1. The third-order valence-corrected chi connectivity index (χ3v) is 2.96. The van der Waals surface area contributed by atoms with E-state index in [2.05, 4.69) is 15.6 Å². The van der Waals surface area contributed by atoms with Crippen LogP contribution in [-0.2, 0) is 0 Å². The fraction of sp³-hybridized carbons (Fsp3) is 0.250. The smallest absolute Gasteiger partial charge is 0.259 e. The molecular weight excluding hydrogens is 269 g/mol. The van der Waals surface area contributed by atoms with E-state index < -0.39 is 5.82 Å². The molecule has 0 atom stereocenters. The van der Waals surface area contributed by atoms with E-state index in [1.807, 2.05) is 19.9 Å².